The van der Waals surface area contributed by atoms with Crippen molar-refractivity contribution >= 4 is 0 Å². The molecular weight excluding hydrogens is 276 g/mol. The Bertz CT molecular complexity index is 636. The third kappa shape index (κ3) is 2.54. The van der Waals surface area contributed by atoms with Crippen molar-refractivity contribution in [2.45, 2.75) is 6.18 Å². The zero-order valence-corrected chi connectivity index (χ0v) is 10.3. The molecule has 2 rings (SSSR count). The maximum absolute atomic E-state index is 13.5. The molecule has 2 aromatic carbocycles. The average molecular weight is 286 g/mol. The lowest BCUT2D eigenvalue weighted by atomic mass is 10.0. The van der Waals surface area contributed by atoms with E-state index in [1.54, 1.807) is 6.07 Å². The summed E-state index contributed by atoms with van der Waals surface area (Å²) in [6, 6.07) is 6.96. The predicted octanol–water partition coefficient (Wildman–Crippen LogP) is 4.23. The van der Waals surface area contributed by atoms with E-state index >= 15 is 0 Å². The Kier molecular flexibility index (Phi) is 3.57. The third-order valence-corrected chi connectivity index (χ3v) is 2.80. The smallest absolute Gasteiger partial charge is 0.419 e. The summed E-state index contributed by atoms with van der Waals surface area (Å²) in [5.41, 5.74) is -1.02. The van der Waals surface area contributed by atoms with Crippen molar-refractivity contribution in [1.82, 2.24) is 0 Å². The van der Waals surface area contributed by atoms with Gasteiger partial charge in [-0.05, 0) is 23.8 Å². The number of methoxy groups -OCH3 is 1. The fraction of sp³-hybridized carbons (Fsp3) is 0.143. The van der Waals surface area contributed by atoms with Crippen molar-refractivity contribution in [2.75, 3.05) is 7.11 Å². The van der Waals surface area contributed by atoms with Crippen LogP contribution in [-0.4, -0.2) is 12.2 Å². The maximum Gasteiger partial charge on any atom is 0.419 e. The average Bonchev–Trinajstić information content (AvgIpc) is 2.37. The van der Waals surface area contributed by atoms with Crippen LogP contribution in [0.1, 0.15) is 5.56 Å². The van der Waals surface area contributed by atoms with Crippen LogP contribution in [0, 0.1) is 5.82 Å². The maximum atomic E-state index is 13.5. The van der Waals surface area contributed by atoms with Crippen LogP contribution in [0.5, 0.6) is 11.5 Å². The molecule has 0 spiro atoms. The van der Waals surface area contributed by atoms with Crippen LogP contribution >= 0.6 is 0 Å². The Morgan fingerprint density at radius 3 is 2.35 bits per heavy atom. The standard InChI is InChI=1S/C14H10F4O2/c1-20-12-4-2-3-9(13(12)19)8-5-6-10(11(15)7-8)14(16,17)18/h2-7,19H,1H3. The molecular formula is C14H10F4O2. The fourth-order valence-corrected chi connectivity index (χ4v) is 1.83. The minimum Gasteiger partial charge on any atom is -0.504 e. The molecule has 6 heteroatoms. The third-order valence-electron chi connectivity index (χ3n) is 2.80. The first kappa shape index (κ1) is 14.2. The molecule has 0 aliphatic rings. The number of ether oxygens (including phenoxy) is 1. The molecule has 0 saturated heterocycles. The van der Waals surface area contributed by atoms with Gasteiger partial charge in [0.25, 0.3) is 0 Å². The summed E-state index contributed by atoms with van der Waals surface area (Å²) in [5, 5.41) is 9.89. The molecule has 0 bridgehead atoms. The first-order valence-electron chi connectivity index (χ1n) is 5.57. The highest BCUT2D eigenvalue weighted by Crippen LogP contribution is 2.39. The zero-order chi connectivity index (χ0) is 14.9. The van der Waals surface area contributed by atoms with Crippen molar-refractivity contribution in [1.29, 1.82) is 0 Å². The van der Waals surface area contributed by atoms with E-state index in [1.165, 1.54) is 19.2 Å². The van der Waals surface area contributed by atoms with Gasteiger partial charge in [0.05, 0.1) is 12.7 Å². The van der Waals surface area contributed by atoms with Gasteiger partial charge < -0.3 is 9.84 Å². The van der Waals surface area contributed by atoms with E-state index in [1.807, 2.05) is 0 Å². The summed E-state index contributed by atoms with van der Waals surface area (Å²) >= 11 is 0. The number of alkyl halides is 3. The van der Waals surface area contributed by atoms with Crippen molar-refractivity contribution in [3.8, 4) is 22.6 Å². The molecule has 2 nitrogen and oxygen atoms in total. The molecule has 0 atom stereocenters. The highest BCUT2D eigenvalue weighted by Gasteiger charge is 2.34. The lowest BCUT2D eigenvalue weighted by Gasteiger charge is -2.11. The zero-order valence-electron chi connectivity index (χ0n) is 10.3. The van der Waals surface area contributed by atoms with Crippen LogP contribution in [-0.2, 0) is 6.18 Å². The van der Waals surface area contributed by atoms with E-state index in [0.717, 1.165) is 12.1 Å². The second kappa shape index (κ2) is 5.03. The Morgan fingerprint density at radius 1 is 1.10 bits per heavy atom. The first-order chi connectivity index (χ1) is 9.34. The minimum atomic E-state index is -4.75. The molecule has 106 valence electrons. The molecule has 0 aliphatic carbocycles. The molecule has 0 radical (unpaired) electrons. The summed E-state index contributed by atoms with van der Waals surface area (Å²) in [7, 11) is 1.34. The highest BCUT2D eigenvalue weighted by molar-refractivity contribution is 5.73. The van der Waals surface area contributed by atoms with Crippen LogP contribution in [0.15, 0.2) is 36.4 Å². The van der Waals surface area contributed by atoms with E-state index in [9.17, 15) is 22.7 Å². The molecule has 0 amide bonds. The van der Waals surface area contributed by atoms with Crippen molar-refractivity contribution in [3.63, 3.8) is 0 Å². The number of hydrogen-bond acceptors (Lipinski definition) is 2. The van der Waals surface area contributed by atoms with Gasteiger partial charge in [-0.1, -0.05) is 18.2 Å². The van der Waals surface area contributed by atoms with Gasteiger partial charge in [0, 0.05) is 5.56 Å². The van der Waals surface area contributed by atoms with Crippen molar-refractivity contribution in [2.24, 2.45) is 0 Å². The monoisotopic (exact) mass is 286 g/mol. The number of phenols is 1. The number of benzene rings is 2. The van der Waals surface area contributed by atoms with E-state index < -0.39 is 17.6 Å². The van der Waals surface area contributed by atoms with E-state index in [2.05, 4.69) is 0 Å². The SMILES string of the molecule is COc1cccc(-c2ccc(C(F)(F)F)c(F)c2)c1O. The van der Waals surface area contributed by atoms with Crippen LogP contribution in [0.3, 0.4) is 0 Å². The summed E-state index contributed by atoms with van der Waals surface area (Å²) in [6.45, 7) is 0. The Balaban J connectivity index is 2.53. The Labute approximate surface area is 112 Å². The van der Waals surface area contributed by atoms with Gasteiger partial charge in [-0.15, -0.1) is 0 Å². The second-order valence-corrected chi connectivity index (χ2v) is 4.05. The number of rotatable bonds is 2. The van der Waals surface area contributed by atoms with Gasteiger partial charge >= 0.3 is 6.18 Å². The molecule has 0 saturated carbocycles. The van der Waals surface area contributed by atoms with E-state index in [4.69, 9.17) is 4.74 Å². The van der Waals surface area contributed by atoms with Crippen molar-refractivity contribution in [3.05, 3.63) is 47.8 Å². The second-order valence-electron chi connectivity index (χ2n) is 4.05. The van der Waals surface area contributed by atoms with Crippen LogP contribution in [0.25, 0.3) is 11.1 Å². The summed E-state index contributed by atoms with van der Waals surface area (Å²) in [6.07, 6.45) is -4.75. The van der Waals surface area contributed by atoms with Crippen LogP contribution in [0.2, 0.25) is 0 Å². The topological polar surface area (TPSA) is 29.5 Å². The normalized spacial score (nSPS) is 11.4. The molecule has 0 fully saturated rings. The summed E-state index contributed by atoms with van der Waals surface area (Å²) < 4.78 is 55.8. The van der Waals surface area contributed by atoms with Gasteiger partial charge in [0.1, 0.15) is 5.82 Å². The quantitative estimate of drug-likeness (QED) is 0.837. The molecule has 20 heavy (non-hydrogen) atoms. The van der Waals surface area contributed by atoms with Gasteiger partial charge in [0.2, 0.25) is 0 Å². The van der Waals surface area contributed by atoms with Gasteiger partial charge in [-0.3, -0.25) is 0 Å². The molecule has 0 aliphatic heterocycles. The highest BCUT2D eigenvalue weighted by atomic mass is 19.4. The number of hydrogen-bond donors (Lipinski definition) is 1. The molecule has 2 aromatic rings. The predicted molar refractivity (Wildman–Crippen MR) is 65.1 cm³/mol. The van der Waals surface area contributed by atoms with E-state index in [-0.39, 0.29) is 22.6 Å². The molecule has 0 heterocycles. The molecule has 0 unspecified atom stereocenters. The number of phenolic OH excluding ortho intramolecular Hbond substituents is 1. The van der Waals surface area contributed by atoms with Crippen LogP contribution < -0.4 is 4.74 Å². The van der Waals surface area contributed by atoms with Gasteiger partial charge in [0.15, 0.2) is 11.5 Å². The lowest BCUT2D eigenvalue weighted by Crippen LogP contribution is -2.07. The summed E-state index contributed by atoms with van der Waals surface area (Å²) in [5.74, 6) is -1.49. The lowest BCUT2D eigenvalue weighted by molar-refractivity contribution is -0.139. The fourth-order valence-electron chi connectivity index (χ4n) is 1.83. The summed E-state index contributed by atoms with van der Waals surface area (Å²) in [4.78, 5) is 0. The molecule has 0 aromatic heterocycles. The van der Waals surface area contributed by atoms with Crippen molar-refractivity contribution < 1.29 is 27.4 Å². The first-order valence-corrected chi connectivity index (χ1v) is 5.57. The van der Waals surface area contributed by atoms with Gasteiger partial charge in [-0.2, -0.15) is 13.2 Å². The largest absolute Gasteiger partial charge is 0.504 e. The Morgan fingerprint density at radius 2 is 1.80 bits per heavy atom. The van der Waals surface area contributed by atoms with Gasteiger partial charge in [-0.25, -0.2) is 4.39 Å². The number of para-hydroxylation sites is 1. The number of aromatic hydroxyl groups is 1. The Hall–Kier alpha value is -2.24. The molecule has 1 N–H and O–H groups in total. The number of halogens is 4. The van der Waals surface area contributed by atoms with E-state index in [0.29, 0.717) is 6.07 Å². The minimum absolute atomic E-state index is 0.131. The van der Waals surface area contributed by atoms with Crippen LogP contribution in [0.4, 0.5) is 17.6 Å².